The zero-order chi connectivity index (χ0) is 24.8. The maximum absolute atomic E-state index is 14.9. The van der Waals surface area contributed by atoms with Crippen molar-refractivity contribution in [1.29, 1.82) is 0 Å². The molecule has 1 amide bonds. The van der Waals surface area contributed by atoms with Gasteiger partial charge in [-0.2, -0.15) is 4.39 Å². The highest BCUT2D eigenvalue weighted by Gasteiger charge is 2.27. The molecule has 0 bridgehead atoms. The number of anilines is 2. The lowest BCUT2D eigenvalue weighted by atomic mass is 9.93. The van der Waals surface area contributed by atoms with Gasteiger partial charge in [0.05, 0.1) is 5.56 Å². The molecule has 6 rings (SSSR count). The fourth-order valence-corrected chi connectivity index (χ4v) is 5.31. The van der Waals surface area contributed by atoms with E-state index in [2.05, 4.69) is 20.1 Å². The molecule has 36 heavy (non-hydrogen) atoms. The third kappa shape index (κ3) is 4.41. The summed E-state index contributed by atoms with van der Waals surface area (Å²) in [6.07, 6.45) is 3.26. The number of fused-ring (bicyclic) bond motifs is 1. The van der Waals surface area contributed by atoms with Crippen LogP contribution in [0.15, 0.2) is 42.5 Å². The Hall–Kier alpha value is -3.52. The highest BCUT2D eigenvalue weighted by molar-refractivity contribution is 5.98. The first kappa shape index (κ1) is 22.9. The first-order chi connectivity index (χ1) is 17.5. The van der Waals surface area contributed by atoms with Crippen molar-refractivity contribution in [2.75, 3.05) is 49.9 Å². The zero-order valence-electron chi connectivity index (χ0n) is 20.1. The molecular weight excluding hydrogens is 460 g/mol. The quantitative estimate of drug-likeness (QED) is 0.528. The average molecular weight is 490 g/mol. The van der Waals surface area contributed by atoms with E-state index in [0.29, 0.717) is 40.8 Å². The predicted molar refractivity (Wildman–Crippen MR) is 137 cm³/mol. The van der Waals surface area contributed by atoms with E-state index in [-0.39, 0.29) is 11.4 Å². The van der Waals surface area contributed by atoms with Gasteiger partial charge in [0, 0.05) is 56.1 Å². The van der Waals surface area contributed by atoms with Crippen molar-refractivity contribution in [1.82, 2.24) is 15.2 Å². The summed E-state index contributed by atoms with van der Waals surface area (Å²) in [6, 6.07) is 12.4. The van der Waals surface area contributed by atoms with E-state index < -0.39 is 17.7 Å². The molecule has 3 heterocycles. The molecule has 1 saturated carbocycles. The van der Waals surface area contributed by atoms with Crippen molar-refractivity contribution in [3.8, 4) is 22.3 Å². The lowest BCUT2D eigenvalue weighted by Crippen LogP contribution is -2.47. The minimum atomic E-state index is -0.671. The number of rotatable bonds is 5. The topological polar surface area (TPSA) is 74.5 Å². The van der Waals surface area contributed by atoms with Crippen LogP contribution < -0.4 is 16.0 Å². The van der Waals surface area contributed by atoms with Crippen LogP contribution in [0.4, 0.5) is 20.3 Å². The van der Waals surface area contributed by atoms with E-state index >= 15 is 0 Å². The van der Waals surface area contributed by atoms with E-state index in [4.69, 9.17) is 5.73 Å². The van der Waals surface area contributed by atoms with Gasteiger partial charge >= 0.3 is 0 Å². The summed E-state index contributed by atoms with van der Waals surface area (Å²) >= 11 is 0. The zero-order valence-corrected chi connectivity index (χ0v) is 20.1. The highest BCUT2D eigenvalue weighted by atomic mass is 19.1. The highest BCUT2D eigenvalue weighted by Crippen LogP contribution is 2.35. The van der Waals surface area contributed by atoms with E-state index in [1.165, 1.54) is 25.5 Å². The minimum absolute atomic E-state index is 0.0171. The van der Waals surface area contributed by atoms with Gasteiger partial charge in [-0.15, -0.1) is 0 Å². The van der Waals surface area contributed by atoms with Crippen molar-refractivity contribution >= 4 is 17.4 Å². The van der Waals surface area contributed by atoms with E-state index in [9.17, 15) is 13.6 Å². The molecule has 2 aliphatic heterocycles. The number of carbonyl (C=O) groups is 1. The average Bonchev–Trinajstić information content (AvgIpc) is 3.69. The molecule has 0 atom stereocenters. The lowest BCUT2D eigenvalue weighted by Gasteiger charge is -2.36. The largest absolute Gasteiger partial charge is 0.383 e. The Morgan fingerprint density at radius 2 is 1.72 bits per heavy atom. The van der Waals surface area contributed by atoms with Gasteiger partial charge < -0.3 is 16.0 Å². The Morgan fingerprint density at radius 3 is 2.44 bits per heavy atom. The van der Waals surface area contributed by atoms with Gasteiger partial charge in [-0.05, 0) is 72.2 Å². The molecular formula is C28H29F2N5O. The Balaban J connectivity index is 1.25. The van der Waals surface area contributed by atoms with Crippen LogP contribution >= 0.6 is 0 Å². The van der Waals surface area contributed by atoms with Crippen LogP contribution in [0.25, 0.3) is 22.3 Å². The SMILES string of the molecule is Nc1nc(F)c(-c2ccc(N3CCN(CC4CC4)CC3)cc2)cc1-c1cc(F)c2c(c1)CCNC2=O. The number of pyridine rings is 1. The van der Waals surface area contributed by atoms with Gasteiger partial charge in [0.1, 0.15) is 11.6 Å². The first-order valence-electron chi connectivity index (χ1n) is 12.6. The number of nitrogens with two attached hydrogens (primary N) is 1. The molecule has 2 aromatic carbocycles. The summed E-state index contributed by atoms with van der Waals surface area (Å²) in [7, 11) is 0. The smallest absolute Gasteiger partial charge is 0.254 e. The molecule has 6 nitrogen and oxygen atoms in total. The maximum atomic E-state index is 14.9. The number of amides is 1. The Kier molecular flexibility index (Phi) is 5.84. The molecule has 1 saturated heterocycles. The number of piperazine rings is 1. The summed E-state index contributed by atoms with van der Waals surface area (Å²) in [5, 5.41) is 2.66. The van der Waals surface area contributed by atoms with Crippen molar-refractivity contribution in [2.24, 2.45) is 5.92 Å². The van der Waals surface area contributed by atoms with Gasteiger partial charge in [-0.25, -0.2) is 9.37 Å². The molecule has 186 valence electrons. The Labute approximate surface area is 209 Å². The summed E-state index contributed by atoms with van der Waals surface area (Å²) in [5.41, 5.74) is 9.74. The molecule has 2 fully saturated rings. The number of nitrogens with one attached hydrogen (secondary N) is 1. The molecule has 8 heteroatoms. The van der Waals surface area contributed by atoms with Crippen LogP contribution in [0.2, 0.25) is 0 Å². The lowest BCUT2D eigenvalue weighted by molar-refractivity contribution is 0.0941. The molecule has 0 unspecified atom stereocenters. The molecule has 3 N–H and O–H groups in total. The predicted octanol–water partition coefficient (Wildman–Crippen LogP) is 4.09. The van der Waals surface area contributed by atoms with Crippen LogP contribution in [0.5, 0.6) is 0 Å². The summed E-state index contributed by atoms with van der Waals surface area (Å²) in [4.78, 5) is 20.9. The number of benzene rings is 2. The number of nitrogens with zero attached hydrogens (tertiary/aromatic N) is 3. The second kappa shape index (κ2) is 9.17. The van der Waals surface area contributed by atoms with Gasteiger partial charge in [0.15, 0.2) is 0 Å². The van der Waals surface area contributed by atoms with Crippen molar-refractivity contribution < 1.29 is 13.6 Å². The fourth-order valence-electron chi connectivity index (χ4n) is 5.31. The summed E-state index contributed by atoms with van der Waals surface area (Å²) < 4.78 is 29.7. The van der Waals surface area contributed by atoms with E-state index in [1.807, 2.05) is 24.3 Å². The third-order valence-corrected chi connectivity index (χ3v) is 7.52. The monoisotopic (exact) mass is 489 g/mol. The molecule has 1 aliphatic carbocycles. The number of hydrogen-bond acceptors (Lipinski definition) is 5. The number of aromatic nitrogens is 1. The van der Waals surface area contributed by atoms with Crippen LogP contribution in [0.3, 0.4) is 0 Å². The third-order valence-electron chi connectivity index (χ3n) is 7.52. The van der Waals surface area contributed by atoms with Gasteiger partial charge in [-0.3, -0.25) is 9.69 Å². The molecule has 3 aliphatic rings. The van der Waals surface area contributed by atoms with Gasteiger partial charge in [-0.1, -0.05) is 12.1 Å². The molecule has 0 spiro atoms. The van der Waals surface area contributed by atoms with Crippen molar-refractivity contribution in [2.45, 2.75) is 19.3 Å². The number of hydrogen-bond donors (Lipinski definition) is 2. The standard InChI is InChI=1S/C28H29F2N5O/c29-24-14-20(13-19-7-8-32-28(36)25(19)24)23-15-22(26(30)33-27(23)31)18-3-5-21(6-4-18)35-11-9-34(10-12-35)16-17-1-2-17/h3-6,13-15,17H,1-2,7-12,16H2,(H2,31,33)(H,32,36). The maximum Gasteiger partial charge on any atom is 0.254 e. The normalized spacial score (nSPS) is 18.2. The fraction of sp³-hybridized carbons (Fsp3) is 0.357. The van der Waals surface area contributed by atoms with Gasteiger partial charge in [0.2, 0.25) is 5.95 Å². The van der Waals surface area contributed by atoms with Gasteiger partial charge in [0.25, 0.3) is 5.91 Å². The summed E-state index contributed by atoms with van der Waals surface area (Å²) in [6.45, 7) is 5.76. The number of carbonyl (C=O) groups excluding carboxylic acids is 1. The number of nitrogen functional groups attached to an aromatic ring is 1. The second-order valence-electron chi connectivity index (χ2n) is 10.0. The molecule has 1 aromatic heterocycles. The van der Waals surface area contributed by atoms with Crippen molar-refractivity contribution in [3.05, 3.63) is 65.4 Å². The van der Waals surface area contributed by atoms with Crippen LogP contribution in [0.1, 0.15) is 28.8 Å². The summed E-state index contributed by atoms with van der Waals surface area (Å²) in [5.74, 6) is -0.823. The van der Waals surface area contributed by atoms with Crippen LogP contribution in [0, 0.1) is 17.7 Å². The van der Waals surface area contributed by atoms with Crippen LogP contribution in [-0.4, -0.2) is 55.1 Å². The Bertz CT molecular complexity index is 1310. The van der Waals surface area contributed by atoms with Crippen molar-refractivity contribution in [3.63, 3.8) is 0 Å². The Morgan fingerprint density at radius 1 is 0.972 bits per heavy atom. The van der Waals surface area contributed by atoms with E-state index in [1.54, 1.807) is 12.1 Å². The molecule has 0 radical (unpaired) electrons. The first-order valence-corrected chi connectivity index (χ1v) is 12.6. The number of halogens is 2. The van der Waals surface area contributed by atoms with E-state index in [0.717, 1.165) is 37.8 Å². The van der Waals surface area contributed by atoms with Crippen LogP contribution in [-0.2, 0) is 6.42 Å². The molecule has 3 aromatic rings. The minimum Gasteiger partial charge on any atom is -0.383 e. The second-order valence-corrected chi connectivity index (χ2v) is 10.0.